The number of nitrogens with zero attached hydrogens (tertiary/aromatic N) is 3. The molecule has 3 aromatic rings. The van der Waals surface area contributed by atoms with Crippen LogP contribution in [-0.2, 0) is 17.9 Å². The van der Waals surface area contributed by atoms with E-state index in [1.165, 1.54) is 5.56 Å². The first-order valence-electron chi connectivity index (χ1n) is 11.3. The van der Waals surface area contributed by atoms with Crippen LogP contribution in [0.1, 0.15) is 48.3 Å². The van der Waals surface area contributed by atoms with E-state index in [9.17, 15) is 4.79 Å². The number of nitrogen functional groups attached to an aromatic ring is 1. The van der Waals surface area contributed by atoms with E-state index in [-0.39, 0.29) is 12.1 Å². The number of hydrogen-bond donors (Lipinski definition) is 3. The lowest BCUT2D eigenvalue weighted by molar-refractivity contribution is 0.126. The molecule has 1 aliphatic rings. The second-order valence-electron chi connectivity index (χ2n) is 8.33. The molecule has 2 amide bonds. The van der Waals surface area contributed by atoms with E-state index in [0.29, 0.717) is 43.6 Å². The number of pyridine rings is 1. The quantitative estimate of drug-likeness (QED) is 0.446. The number of nitrogens with one attached hydrogen (secondary N) is 2. The van der Waals surface area contributed by atoms with Crippen LogP contribution in [0.15, 0.2) is 30.3 Å². The molecule has 32 heavy (non-hydrogen) atoms. The molecule has 8 heteroatoms. The third-order valence-corrected chi connectivity index (χ3v) is 6.09. The predicted molar refractivity (Wildman–Crippen MR) is 125 cm³/mol. The van der Waals surface area contributed by atoms with Crippen molar-refractivity contribution in [2.75, 3.05) is 18.9 Å². The standard InChI is InChI=1S/C24H32N6O2/c1-4-32-14-20-29-21-22(15(2)16(3)27-23(21)25)30(20)12-8-11-26-24(31)28-19-13-18(19)17-9-6-5-7-10-17/h5-7,9-10,18-19H,4,8,11-14H2,1-3H3,(H2,25,27)(H2,26,28,31). The number of rotatable bonds is 9. The van der Waals surface area contributed by atoms with E-state index in [0.717, 1.165) is 35.4 Å². The Morgan fingerprint density at radius 2 is 2.03 bits per heavy atom. The van der Waals surface area contributed by atoms with E-state index in [1.807, 2.05) is 39.0 Å². The van der Waals surface area contributed by atoms with Crippen molar-refractivity contribution in [2.24, 2.45) is 0 Å². The first-order valence-corrected chi connectivity index (χ1v) is 11.3. The number of carbonyl (C=O) groups excluding carboxylic acids is 1. The minimum absolute atomic E-state index is 0.112. The van der Waals surface area contributed by atoms with Crippen LogP contribution in [0, 0.1) is 13.8 Å². The van der Waals surface area contributed by atoms with Crippen molar-refractivity contribution in [1.82, 2.24) is 25.2 Å². The molecular formula is C24H32N6O2. The monoisotopic (exact) mass is 436 g/mol. The third kappa shape index (κ3) is 4.70. The SMILES string of the molecule is CCOCc1nc2c(N)nc(C)c(C)c2n1CCCNC(=O)NC1CC1c1ccccc1. The number of aryl methyl sites for hydroxylation is 3. The summed E-state index contributed by atoms with van der Waals surface area (Å²) in [6.45, 7) is 8.26. The van der Waals surface area contributed by atoms with Crippen molar-refractivity contribution in [1.29, 1.82) is 0 Å². The highest BCUT2D eigenvalue weighted by molar-refractivity contribution is 5.88. The number of amides is 2. The Kier molecular flexibility index (Phi) is 6.60. The Balaban J connectivity index is 1.34. The molecule has 2 unspecified atom stereocenters. The Bertz CT molecular complexity index is 1100. The summed E-state index contributed by atoms with van der Waals surface area (Å²) in [6, 6.07) is 10.4. The number of hydrogen-bond acceptors (Lipinski definition) is 5. The fraction of sp³-hybridized carbons (Fsp3) is 0.458. The first-order chi connectivity index (χ1) is 15.5. The zero-order valence-corrected chi connectivity index (χ0v) is 19.0. The fourth-order valence-corrected chi connectivity index (χ4v) is 4.17. The van der Waals surface area contributed by atoms with Gasteiger partial charge >= 0.3 is 6.03 Å². The lowest BCUT2D eigenvalue weighted by atomic mass is 10.1. The number of aromatic nitrogens is 3. The average Bonchev–Trinajstić information content (AvgIpc) is 3.45. The van der Waals surface area contributed by atoms with Crippen LogP contribution < -0.4 is 16.4 Å². The van der Waals surface area contributed by atoms with Crippen LogP contribution in [-0.4, -0.2) is 39.8 Å². The molecule has 4 N–H and O–H groups in total. The van der Waals surface area contributed by atoms with Crippen molar-refractivity contribution in [3.63, 3.8) is 0 Å². The summed E-state index contributed by atoms with van der Waals surface area (Å²) >= 11 is 0. The topological polar surface area (TPSA) is 107 Å². The molecule has 170 valence electrons. The maximum atomic E-state index is 12.3. The maximum Gasteiger partial charge on any atom is 0.315 e. The highest BCUT2D eigenvalue weighted by Crippen LogP contribution is 2.40. The summed E-state index contributed by atoms with van der Waals surface area (Å²) in [5.41, 5.74) is 11.1. The summed E-state index contributed by atoms with van der Waals surface area (Å²) in [5.74, 6) is 1.69. The van der Waals surface area contributed by atoms with E-state index < -0.39 is 0 Å². The molecule has 0 radical (unpaired) electrons. The summed E-state index contributed by atoms with van der Waals surface area (Å²) < 4.78 is 7.77. The molecule has 8 nitrogen and oxygen atoms in total. The Labute approximate surface area is 188 Å². The van der Waals surface area contributed by atoms with E-state index in [1.54, 1.807) is 0 Å². The molecule has 2 heterocycles. The minimum atomic E-state index is -0.112. The van der Waals surface area contributed by atoms with Gasteiger partial charge in [0.15, 0.2) is 5.82 Å². The van der Waals surface area contributed by atoms with Gasteiger partial charge in [0.2, 0.25) is 0 Å². The molecule has 1 saturated carbocycles. The van der Waals surface area contributed by atoms with Crippen LogP contribution in [0.5, 0.6) is 0 Å². The van der Waals surface area contributed by atoms with Crippen LogP contribution in [0.25, 0.3) is 11.0 Å². The molecule has 2 atom stereocenters. The minimum Gasteiger partial charge on any atom is -0.382 e. The van der Waals surface area contributed by atoms with Gasteiger partial charge in [-0.05, 0) is 44.7 Å². The number of nitrogens with two attached hydrogens (primary N) is 1. The van der Waals surface area contributed by atoms with Gasteiger partial charge in [-0.25, -0.2) is 14.8 Å². The van der Waals surface area contributed by atoms with Crippen LogP contribution in [0.3, 0.4) is 0 Å². The van der Waals surface area contributed by atoms with Gasteiger partial charge < -0.3 is 25.7 Å². The Morgan fingerprint density at radius 1 is 1.25 bits per heavy atom. The Morgan fingerprint density at radius 3 is 2.78 bits per heavy atom. The number of fused-ring (bicyclic) bond motifs is 1. The zero-order valence-electron chi connectivity index (χ0n) is 19.0. The van der Waals surface area contributed by atoms with Crippen molar-refractivity contribution < 1.29 is 9.53 Å². The summed E-state index contributed by atoms with van der Waals surface area (Å²) in [4.78, 5) is 21.4. The van der Waals surface area contributed by atoms with Gasteiger partial charge in [-0.3, -0.25) is 0 Å². The van der Waals surface area contributed by atoms with Gasteiger partial charge in [0, 0.05) is 37.4 Å². The smallest absolute Gasteiger partial charge is 0.315 e. The number of anilines is 1. The van der Waals surface area contributed by atoms with Gasteiger partial charge in [0.05, 0.1) is 5.52 Å². The van der Waals surface area contributed by atoms with Crippen LogP contribution >= 0.6 is 0 Å². The van der Waals surface area contributed by atoms with Crippen molar-refractivity contribution >= 4 is 22.9 Å². The largest absolute Gasteiger partial charge is 0.382 e. The predicted octanol–water partition coefficient (Wildman–Crippen LogP) is 3.41. The lowest BCUT2D eigenvalue weighted by Crippen LogP contribution is -2.38. The second-order valence-corrected chi connectivity index (χ2v) is 8.33. The normalized spacial score (nSPS) is 17.5. The highest BCUT2D eigenvalue weighted by atomic mass is 16.5. The van der Waals surface area contributed by atoms with Crippen molar-refractivity contribution in [2.45, 2.75) is 58.7 Å². The van der Waals surface area contributed by atoms with E-state index in [2.05, 4.69) is 32.3 Å². The van der Waals surface area contributed by atoms with Crippen LogP contribution in [0.2, 0.25) is 0 Å². The third-order valence-electron chi connectivity index (χ3n) is 6.09. The molecule has 1 aliphatic carbocycles. The zero-order chi connectivity index (χ0) is 22.7. The van der Waals surface area contributed by atoms with E-state index >= 15 is 0 Å². The van der Waals surface area contributed by atoms with Gasteiger partial charge in [-0.15, -0.1) is 0 Å². The highest BCUT2D eigenvalue weighted by Gasteiger charge is 2.39. The van der Waals surface area contributed by atoms with Crippen molar-refractivity contribution in [3.8, 4) is 0 Å². The average molecular weight is 437 g/mol. The fourth-order valence-electron chi connectivity index (χ4n) is 4.17. The van der Waals surface area contributed by atoms with Crippen molar-refractivity contribution in [3.05, 3.63) is 53.0 Å². The van der Waals surface area contributed by atoms with E-state index in [4.69, 9.17) is 15.5 Å². The summed E-state index contributed by atoms with van der Waals surface area (Å²) in [6.07, 6.45) is 1.76. The molecule has 0 bridgehead atoms. The number of ether oxygens (including phenoxy) is 1. The molecule has 4 rings (SSSR count). The molecular weight excluding hydrogens is 404 g/mol. The second kappa shape index (κ2) is 9.56. The van der Waals surface area contributed by atoms with Crippen LogP contribution in [0.4, 0.5) is 10.6 Å². The Hall–Kier alpha value is -3.13. The number of benzene rings is 1. The number of carbonyl (C=O) groups is 1. The molecule has 0 saturated heterocycles. The number of urea groups is 1. The van der Waals surface area contributed by atoms with Gasteiger partial charge in [0.1, 0.15) is 17.9 Å². The lowest BCUT2D eigenvalue weighted by Gasteiger charge is -2.13. The van der Waals surface area contributed by atoms with Gasteiger partial charge in [-0.1, -0.05) is 30.3 Å². The molecule has 1 fully saturated rings. The molecule has 0 aliphatic heterocycles. The maximum absolute atomic E-state index is 12.3. The van der Waals surface area contributed by atoms with Gasteiger partial charge in [-0.2, -0.15) is 0 Å². The molecule has 0 spiro atoms. The first kappa shape index (κ1) is 22.1. The summed E-state index contributed by atoms with van der Waals surface area (Å²) in [7, 11) is 0. The molecule has 1 aromatic carbocycles. The molecule has 2 aromatic heterocycles. The summed E-state index contributed by atoms with van der Waals surface area (Å²) in [5, 5.41) is 6.06. The number of imidazole rings is 1. The van der Waals surface area contributed by atoms with Gasteiger partial charge in [0.25, 0.3) is 0 Å².